The predicted molar refractivity (Wildman–Crippen MR) is 65.6 cm³/mol. The fraction of sp³-hybridized carbons (Fsp3) is 0.273. The lowest BCUT2D eigenvalue weighted by atomic mass is 10.1. The van der Waals surface area contributed by atoms with Crippen LogP contribution in [0.5, 0.6) is 0 Å². The zero-order chi connectivity index (χ0) is 9.68. The van der Waals surface area contributed by atoms with E-state index in [2.05, 4.69) is 63.0 Å². The standard InChI is InChI=1S/C11H12Br2/c1-9(11(13)8-12)7-10-5-3-2-4-6-10/h2-6H,7-8H2,1H3/b11-9-. The van der Waals surface area contributed by atoms with Crippen LogP contribution < -0.4 is 0 Å². The molecule has 0 aliphatic rings. The van der Waals surface area contributed by atoms with Crippen LogP contribution in [0.1, 0.15) is 12.5 Å². The Bertz CT molecular complexity index is 288. The minimum absolute atomic E-state index is 0.895. The minimum Gasteiger partial charge on any atom is -0.0870 e. The minimum atomic E-state index is 0.895. The number of halogens is 2. The van der Waals surface area contributed by atoms with Crippen molar-refractivity contribution in [3.63, 3.8) is 0 Å². The third-order valence-corrected chi connectivity index (χ3v) is 4.16. The highest BCUT2D eigenvalue weighted by molar-refractivity contribution is 9.13. The van der Waals surface area contributed by atoms with E-state index in [1.165, 1.54) is 15.6 Å². The Hall–Kier alpha value is -0.0800. The van der Waals surface area contributed by atoms with Gasteiger partial charge in [0, 0.05) is 9.81 Å². The van der Waals surface area contributed by atoms with Gasteiger partial charge in [-0.1, -0.05) is 67.8 Å². The molecular weight excluding hydrogens is 292 g/mol. The number of hydrogen-bond donors (Lipinski definition) is 0. The Kier molecular flexibility index (Phi) is 4.74. The van der Waals surface area contributed by atoms with Crippen molar-refractivity contribution in [2.24, 2.45) is 0 Å². The highest BCUT2D eigenvalue weighted by atomic mass is 79.9. The maximum atomic E-state index is 3.53. The maximum absolute atomic E-state index is 3.53. The smallest absolute Gasteiger partial charge is 0.0348 e. The van der Waals surface area contributed by atoms with Gasteiger partial charge in [-0.05, 0) is 18.9 Å². The van der Waals surface area contributed by atoms with Crippen LogP contribution in [-0.2, 0) is 6.42 Å². The van der Waals surface area contributed by atoms with Gasteiger partial charge in [-0.3, -0.25) is 0 Å². The first-order chi connectivity index (χ1) is 6.24. The summed E-state index contributed by atoms with van der Waals surface area (Å²) in [5.74, 6) is 0. The van der Waals surface area contributed by atoms with Crippen LogP contribution >= 0.6 is 31.9 Å². The first kappa shape index (κ1) is 11.0. The van der Waals surface area contributed by atoms with E-state index in [1.54, 1.807) is 0 Å². The van der Waals surface area contributed by atoms with Crippen LogP contribution in [0.25, 0.3) is 0 Å². The Morgan fingerprint density at radius 1 is 1.23 bits per heavy atom. The number of benzene rings is 1. The zero-order valence-corrected chi connectivity index (χ0v) is 10.7. The van der Waals surface area contributed by atoms with Gasteiger partial charge < -0.3 is 0 Å². The average Bonchev–Trinajstić information content (AvgIpc) is 2.18. The molecule has 13 heavy (non-hydrogen) atoms. The first-order valence-electron chi connectivity index (χ1n) is 4.18. The maximum Gasteiger partial charge on any atom is 0.0348 e. The van der Waals surface area contributed by atoms with E-state index in [9.17, 15) is 0 Å². The molecule has 0 unspecified atom stereocenters. The quantitative estimate of drug-likeness (QED) is 0.731. The van der Waals surface area contributed by atoms with Crippen LogP contribution in [-0.4, -0.2) is 5.33 Å². The highest BCUT2D eigenvalue weighted by Crippen LogP contribution is 2.18. The monoisotopic (exact) mass is 302 g/mol. The van der Waals surface area contributed by atoms with Crippen molar-refractivity contribution in [2.75, 3.05) is 5.33 Å². The number of hydrogen-bond acceptors (Lipinski definition) is 0. The molecule has 0 atom stereocenters. The van der Waals surface area contributed by atoms with Gasteiger partial charge in [-0.2, -0.15) is 0 Å². The lowest BCUT2D eigenvalue weighted by Gasteiger charge is -2.03. The molecule has 0 spiro atoms. The molecule has 0 bridgehead atoms. The molecule has 0 aromatic heterocycles. The summed E-state index contributed by atoms with van der Waals surface area (Å²) >= 11 is 6.96. The molecule has 0 fully saturated rings. The predicted octanol–water partition coefficient (Wildman–Crippen LogP) is 4.29. The molecule has 0 heterocycles. The van der Waals surface area contributed by atoms with Crippen molar-refractivity contribution in [1.82, 2.24) is 0 Å². The van der Waals surface area contributed by atoms with E-state index >= 15 is 0 Å². The van der Waals surface area contributed by atoms with Crippen LogP contribution in [0.15, 0.2) is 40.4 Å². The van der Waals surface area contributed by atoms with E-state index in [-0.39, 0.29) is 0 Å². The average molecular weight is 304 g/mol. The second-order valence-corrected chi connectivity index (χ2v) is 4.50. The Morgan fingerprint density at radius 2 is 1.85 bits per heavy atom. The van der Waals surface area contributed by atoms with Gasteiger partial charge in [-0.15, -0.1) is 0 Å². The molecule has 0 saturated heterocycles. The van der Waals surface area contributed by atoms with Crippen LogP contribution in [0.4, 0.5) is 0 Å². The molecule has 0 saturated carbocycles. The normalized spacial score (nSPS) is 12.5. The molecule has 1 aromatic rings. The summed E-state index contributed by atoms with van der Waals surface area (Å²) in [5.41, 5.74) is 2.74. The first-order valence-corrected chi connectivity index (χ1v) is 6.09. The van der Waals surface area contributed by atoms with Gasteiger partial charge in [0.15, 0.2) is 0 Å². The van der Waals surface area contributed by atoms with Gasteiger partial charge in [0.1, 0.15) is 0 Å². The van der Waals surface area contributed by atoms with Crippen molar-refractivity contribution in [2.45, 2.75) is 13.3 Å². The lowest BCUT2D eigenvalue weighted by Crippen LogP contribution is -1.89. The van der Waals surface area contributed by atoms with E-state index in [0.29, 0.717) is 0 Å². The SMILES string of the molecule is C/C(Cc1ccccc1)=C(/Br)CBr. The summed E-state index contributed by atoms with van der Waals surface area (Å²) in [6.07, 6.45) is 1.02. The van der Waals surface area contributed by atoms with Crippen molar-refractivity contribution >= 4 is 31.9 Å². The van der Waals surface area contributed by atoms with Crippen LogP contribution in [0.3, 0.4) is 0 Å². The number of rotatable bonds is 3. The molecule has 1 aromatic carbocycles. The van der Waals surface area contributed by atoms with Gasteiger partial charge in [-0.25, -0.2) is 0 Å². The molecule has 0 nitrogen and oxygen atoms in total. The molecule has 0 N–H and O–H groups in total. The Morgan fingerprint density at radius 3 is 2.38 bits per heavy atom. The molecule has 0 radical (unpaired) electrons. The summed E-state index contributed by atoms with van der Waals surface area (Å²) in [7, 11) is 0. The second-order valence-electron chi connectivity index (χ2n) is 2.98. The largest absolute Gasteiger partial charge is 0.0870 e. The van der Waals surface area contributed by atoms with Gasteiger partial charge >= 0.3 is 0 Å². The van der Waals surface area contributed by atoms with Gasteiger partial charge in [0.2, 0.25) is 0 Å². The highest BCUT2D eigenvalue weighted by Gasteiger charge is 1.98. The van der Waals surface area contributed by atoms with Crippen molar-refractivity contribution in [1.29, 1.82) is 0 Å². The third-order valence-electron chi connectivity index (χ3n) is 1.89. The van der Waals surface area contributed by atoms with Gasteiger partial charge in [0.25, 0.3) is 0 Å². The van der Waals surface area contributed by atoms with Crippen molar-refractivity contribution in [3.05, 3.63) is 46.0 Å². The molecule has 0 amide bonds. The molecule has 0 aliphatic heterocycles. The fourth-order valence-electron chi connectivity index (χ4n) is 1.11. The van der Waals surface area contributed by atoms with Crippen LogP contribution in [0.2, 0.25) is 0 Å². The summed E-state index contributed by atoms with van der Waals surface area (Å²) in [6.45, 7) is 2.15. The lowest BCUT2D eigenvalue weighted by molar-refractivity contribution is 1.13. The molecular formula is C11H12Br2. The Balaban J connectivity index is 2.70. The molecule has 0 aliphatic carbocycles. The topological polar surface area (TPSA) is 0 Å². The Labute approximate surface area is 96.3 Å². The van der Waals surface area contributed by atoms with E-state index < -0.39 is 0 Å². The van der Waals surface area contributed by atoms with Crippen molar-refractivity contribution < 1.29 is 0 Å². The second kappa shape index (κ2) is 5.61. The number of allylic oxidation sites excluding steroid dienone is 2. The summed E-state index contributed by atoms with van der Waals surface area (Å²) in [5, 5.41) is 0.895. The van der Waals surface area contributed by atoms with Gasteiger partial charge in [0.05, 0.1) is 0 Å². The summed E-state index contributed by atoms with van der Waals surface area (Å²) in [4.78, 5) is 0. The third kappa shape index (κ3) is 3.65. The zero-order valence-electron chi connectivity index (χ0n) is 7.56. The van der Waals surface area contributed by atoms with E-state index in [4.69, 9.17) is 0 Å². The summed E-state index contributed by atoms with van der Waals surface area (Å²) < 4.78 is 1.25. The van der Waals surface area contributed by atoms with E-state index in [0.717, 1.165) is 11.8 Å². The number of alkyl halides is 1. The van der Waals surface area contributed by atoms with E-state index in [1.807, 2.05) is 6.07 Å². The van der Waals surface area contributed by atoms with Crippen molar-refractivity contribution in [3.8, 4) is 0 Å². The summed E-state index contributed by atoms with van der Waals surface area (Å²) in [6, 6.07) is 10.5. The molecule has 70 valence electrons. The van der Waals surface area contributed by atoms with Crippen LogP contribution in [0, 0.1) is 0 Å². The molecule has 2 heteroatoms. The fourth-order valence-corrected chi connectivity index (χ4v) is 1.73. The molecule has 1 rings (SSSR count).